The molecule has 20 heavy (non-hydrogen) atoms. The van der Waals surface area contributed by atoms with E-state index in [0.717, 1.165) is 11.1 Å². The van der Waals surface area contributed by atoms with E-state index in [4.69, 9.17) is 12.2 Å². The summed E-state index contributed by atoms with van der Waals surface area (Å²) in [5.74, 6) is -0.211. The molecule has 2 aromatic rings. The van der Waals surface area contributed by atoms with Gasteiger partial charge in [0.05, 0.1) is 0 Å². The smallest absolute Gasteiger partial charge is 0.257 e. The third-order valence-corrected chi connectivity index (χ3v) is 2.93. The number of rotatable bonds is 3. The normalized spacial score (nSPS) is 9.85. The Kier molecular flexibility index (Phi) is 4.79. The Morgan fingerprint density at radius 1 is 1.30 bits per heavy atom. The van der Waals surface area contributed by atoms with Crippen LogP contribution >= 0.6 is 12.2 Å². The number of thiocarbonyl (C=S) groups is 1. The molecule has 4 nitrogen and oxygen atoms in total. The van der Waals surface area contributed by atoms with Gasteiger partial charge in [0.2, 0.25) is 0 Å². The maximum atomic E-state index is 12.0. The molecule has 0 atom stereocenters. The molecule has 0 aliphatic carbocycles. The van der Waals surface area contributed by atoms with Crippen molar-refractivity contribution in [2.24, 2.45) is 0 Å². The highest BCUT2D eigenvalue weighted by molar-refractivity contribution is 7.80. The Morgan fingerprint density at radius 2 is 2.15 bits per heavy atom. The summed E-state index contributed by atoms with van der Waals surface area (Å²) in [6.45, 7) is 2.47. The fraction of sp³-hybridized carbons (Fsp3) is 0.133. The largest absolute Gasteiger partial charge is 0.358 e. The van der Waals surface area contributed by atoms with Crippen LogP contribution in [0.25, 0.3) is 0 Å². The van der Waals surface area contributed by atoms with Crippen LogP contribution in [0, 0.1) is 6.92 Å². The molecule has 0 aliphatic heterocycles. The zero-order valence-corrected chi connectivity index (χ0v) is 11.9. The number of hydrogen-bond acceptors (Lipinski definition) is 3. The Balaban J connectivity index is 1.87. The van der Waals surface area contributed by atoms with Gasteiger partial charge in [-0.05, 0) is 42.9 Å². The Bertz CT molecular complexity index is 614. The van der Waals surface area contributed by atoms with Crippen molar-refractivity contribution < 1.29 is 4.79 Å². The number of carbonyl (C=O) groups is 1. The predicted octanol–water partition coefficient (Wildman–Crippen LogP) is 2.19. The van der Waals surface area contributed by atoms with Crippen LogP contribution in [-0.4, -0.2) is 16.0 Å². The fourth-order valence-electron chi connectivity index (χ4n) is 1.69. The van der Waals surface area contributed by atoms with E-state index in [1.807, 2.05) is 37.3 Å². The third kappa shape index (κ3) is 4.13. The average molecular weight is 285 g/mol. The average Bonchev–Trinajstić information content (AvgIpc) is 2.46. The molecular formula is C15H15N3OS. The van der Waals surface area contributed by atoms with Crippen molar-refractivity contribution in [1.82, 2.24) is 15.6 Å². The number of aryl methyl sites for hydroxylation is 1. The van der Waals surface area contributed by atoms with Crippen LogP contribution in [0.3, 0.4) is 0 Å². The molecule has 0 saturated heterocycles. The summed E-state index contributed by atoms with van der Waals surface area (Å²) < 4.78 is 0. The topological polar surface area (TPSA) is 54.0 Å². The molecule has 0 saturated carbocycles. The van der Waals surface area contributed by atoms with Crippen molar-refractivity contribution in [3.05, 3.63) is 65.5 Å². The van der Waals surface area contributed by atoms with E-state index in [1.54, 1.807) is 18.5 Å². The van der Waals surface area contributed by atoms with Gasteiger partial charge in [-0.2, -0.15) is 0 Å². The van der Waals surface area contributed by atoms with E-state index in [0.29, 0.717) is 17.2 Å². The summed E-state index contributed by atoms with van der Waals surface area (Å²) in [6.07, 6.45) is 3.46. The van der Waals surface area contributed by atoms with Gasteiger partial charge in [-0.15, -0.1) is 0 Å². The molecule has 1 amide bonds. The van der Waals surface area contributed by atoms with Gasteiger partial charge >= 0.3 is 0 Å². The summed E-state index contributed by atoms with van der Waals surface area (Å²) in [5.41, 5.74) is 2.63. The summed E-state index contributed by atoms with van der Waals surface area (Å²) in [4.78, 5) is 16.0. The Hall–Kier alpha value is -2.27. The number of pyridine rings is 1. The van der Waals surface area contributed by atoms with Crippen LogP contribution < -0.4 is 10.6 Å². The molecule has 0 radical (unpaired) electrons. The molecule has 1 heterocycles. The minimum absolute atomic E-state index is 0.211. The van der Waals surface area contributed by atoms with Crippen LogP contribution in [0.2, 0.25) is 0 Å². The van der Waals surface area contributed by atoms with E-state index in [9.17, 15) is 4.79 Å². The van der Waals surface area contributed by atoms with Gasteiger partial charge in [0.1, 0.15) is 0 Å². The van der Waals surface area contributed by atoms with Gasteiger partial charge in [-0.25, -0.2) is 0 Å². The monoisotopic (exact) mass is 285 g/mol. The number of aromatic nitrogens is 1. The van der Waals surface area contributed by atoms with Crippen molar-refractivity contribution in [1.29, 1.82) is 0 Å². The lowest BCUT2D eigenvalue weighted by atomic mass is 10.1. The van der Waals surface area contributed by atoms with E-state index >= 15 is 0 Å². The first kappa shape index (κ1) is 14.1. The Morgan fingerprint density at radius 3 is 2.85 bits per heavy atom. The van der Waals surface area contributed by atoms with Crippen molar-refractivity contribution in [2.45, 2.75) is 13.5 Å². The van der Waals surface area contributed by atoms with Gasteiger partial charge in [0.25, 0.3) is 5.91 Å². The molecular weight excluding hydrogens is 270 g/mol. The number of nitrogens with zero attached hydrogens (tertiary/aromatic N) is 1. The van der Waals surface area contributed by atoms with Crippen LogP contribution in [-0.2, 0) is 6.54 Å². The summed E-state index contributed by atoms with van der Waals surface area (Å²) >= 11 is 5.10. The minimum Gasteiger partial charge on any atom is -0.358 e. The van der Waals surface area contributed by atoms with Crippen molar-refractivity contribution >= 4 is 23.2 Å². The Labute approximate surface area is 123 Å². The summed E-state index contributed by atoms with van der Waals surface area (Å²) in [5, 5.41) is 5.93. The van der Waals surface area contributed by atoms with E-state index in [2.05, 4.69) is 15.6 Å². The van der Waals surface area contributed by atoms with Crippen molar-refractivity contribution in [2.75, 3.05) is 0 Å². The molecule has 2 N–H and O–H groups in total. The molecule has 0 fully saturated rings. The van der Waals surface area contributed by atoms with Gasteiger partial charge in [-0.1, -0.05) is 23.8 Å². The lowest BCUT2D eigenvalue weighted by Gasteiger charge is -2.09. The van der Waals surface area contributed by atoms with Crippen LogP contribution in [0.15, 0.2) is 48.8 Å². The van der Waals surface area contributed by atoms with Gasteiger partial charge in [-0.3, -0.25) is 15.1 Å². The molecule has 2 rings (SSSR count). The number of benzene rings is 1. The van der Waals surface area contributed by atoms with Crippen LogP contribution in [0.5, 0.6) is 0 Å². The number of carbonyl (C=O) groups excluding carboxylic acids is 1. The number of hydrogen-bond donors (Lipinski definition) is 2. The number of nitrogens with one attached hydrogen (secondary N) is 2. The second-order valence-electron chi connectivity index (χ2n) is 4.37. The van der Waals surface area contributed by atoms with E-state index in [1.165, 1.54) is 0 Å². The minimum atomic E-state index is -0.211. The lowest BCUT2D eigenvalue weighted by Crippen LogP contribution is -2.38. The quantitative estimate of drug-likeness (QED) is 0.849. The molecule has 0 unspecified atom stereocenters. The first-order valence-corrected chi connectivity index (χ1v) is 6.61. The molecule has 0 bridgehead atoms. The molecule has 1 aromatic carbocycles. The van der Waals surface area contributed by atoms with Crippen molar-refractivity contribution in [3.8, 4) is 0 Å². The molecule has 1 aromatic heterocycles. The van der Waals surface area contributed by atoms with Gasteiger partial charge in [0.15, 0.2) is 5.11 Å². The standard InChI is InChI=1S/C15H15N3OS/c1-11-4-2-6-13(8-11)14(19)18-15(20)17-10-12-5-3-7-16-9-12/h2-9H,10H2,1H3,(H2,17,18,19,20). The molecule has 0 aliphatic rings. The van der Waals surface area contributed by atoms with E-state index < -0.39 is 0 Å². The van der Waals surface area contributed by atoms with Crippen LogP contribution in [0.4, 0.5) is 0 Å². The SMILES string of the molecule is Cc1cccc(C(=O)NC(=S)NCc2cccnc2)c1. The third-order valence-electron chi connectivity index (χ3n) is 2.68. The highest BCUT2D eigenvalue weighted by atomic mass is 32.1. The molecule has 5 heteroatoms. The second-order valence-corrected chi connectivity index (χ2v) is 4.78. The predicted molar refractivity (Wildman–Crippen MR) is 82.3 cm³/mol. The van der Waals surface area contributed by atoms with E-state index in [-0.39, 0.29) is 5.91 Å². The van der Waals surface area contributed by atoms with Crippen molar-refractivity contribution in [3.63, 3.8) is 0 Å². The van der Waals surface area contributed by atoms with Crippen LogP contribution in [0.1, 0.15) is 21.5 Å². The summed E-state index contributed by atoms with van der Waals surface area (Å²) in [7, 11) is 0. The fourth-order valence-corrected chi connectivity index (χ4v) is 1.86. The highest BCUT2D eigenvalue weighted by Crippen LogP contribution is 2.03. The highest BCUT2D eigenvalue weighted by Gasteiger charge is 2.07. The van der Waals surface area contributed by atoms with Gasteiger partial charge in [0, 0.05) is 24.5 Å². The zero-order valence-electron chi connectivity index (χ0n) is 11.1. The first-order valence-electron chi connectivity index (χ1n) is 6.20. The van der Waals surface area contributed by atoms with Gasteiger partial charge < -0.3 is 5.32 Å². The first-order chi connectivity index (χ1) is 9.65. The maximum Gasteiger partial charge on any atom is 0.257 e. The lowest BCUT2D eigenvalue weighted by molar-refractivity contribution is 0.0976. The second kappa shape index (κ2) is 6.77. The number of amides is 1. The summed E-state index contributed by atoms with van der Waals surface area (Å²) in [6, 6.07) is 11.1. The molecule has 0 spiro atoms. The molecule has 102 valence electrons. The maximum absolute atomic E-state index is 12.0. The zero-order chi connectivity index (χ0) is 14.4.